The molecule has 2 rings (SSSR count). The average Bonchev–Trinajstić information content (AvgIpc) is 3.10. The molecule has 1 atom stereocenters. The van der Waals surface area contributed by atoms with E-state index in [1.54, 1.807) is 12.4 Å². The molecule has 0 aromatic carbocycles. The number of rotatable bonds is 6. The number of nitrogens with one attached hydrogen (secondary N) is 1. The summed E-state index contributed by atoms with van der Waals surface area (Å²) in [6, 6.07) is 0.607. The molecule has 1 N–H and O–H groups in total. The number of hydrogen-bond acceptors (Lipinski definition) is 3. The van der Waals surface area contributed by atoms with Gasteiger partial charge in [-0.15, -0.1) is 0 Å². The van der Waals surface area contributed by atoms with Gasteiger partial charge in [0, 0.05) is 24.9 Å². The summed E-state index contributed by atoms with van der Waals surface area (Å²) in [6.07, 6.45) is 8.55. The Morgan fingerprint density at radius 3 is 2.75 bits per heavy atom. The molecule has 3 heteroatoms. The van der Waals surface area contributed by atoms with Crippen molar-refractivity contribution in [2.45, 2.75) is 45.6 Å². The molecule has 1 aromatic rings. The summed E-state index contributed by atoms with van der Waals surface area (Å²) in [5.74, 6) is 0.868. The van der Waals surface area contributed by atoms with Gasteiger partial charge in [-0.3, -0.25) is 9.97 Å². The lowest BCUT2D eigenvalue weighted by Gasteiger charge is -2.18. The fourth-order valence-corrected chi connectivity index (χ4v) is 2.08. The van der Waals surface area contributed by atoms with Gasteiger partial charge in [0.2, 0.25) is 0 Å². The largest absolute Gasteiger partial charge is 0.313 e. The van der Waals surface area contributed by atoms with Crippen molar-refractivity contribution in [3.8, 4) is 0 Å². The van der Waals surface area contributed by atoms with Crippen LogP contribution >= 0.6 is 0 Å². The van der Waals surface area contributed by atoms with E-state index >= 15 is 0 Å². The number of aromatic nitrogens is 2. The summed E-state index contributed by atoms with van der Waals surface area (Å²) < 4.78 is 0. The van der Waals surface area contributed by atoms with Gasteiger partial charge >= 0.3 is 0 Å². The molecule has 88 valence electrons. The highest BCUT2D eigenvalue weighted by atomic mass is 14.9. The first kappa shape index (κ1) is 11.5. The van der Waals surface area contributed by atoms with Crippen molar-refractivity contribution in [2.75, 3.05) is 6.54 Å². The van der Waals surface area contributed by atoms with Crippen LogP contribution in [-0.2, 0) is 6.42 Å². The van der Waals surface area contributed by atoms with Gasteiger partial charge in [0.05, 0.1) is 11.4 Å². The van der Waals surface area contributed by atoms with Gasteiger partial charge < -0.3 is 5.32 Å². The maximum absolute atomic E-state index is 4.43. The van der Waals surface area contributed by atoms with Gasteiger partial charge in [0.1, 0.15) is 0 Å². The van der Waals surface area contributed by atoms with E-state index in [2.05, 4.69) is 22.2 Å². The Hall–Kier alpha value is -0.960. The summed E-state index contributed by atoms with van der Waals surface area (Å²) in [6.45, 7) is 5.37. The molecule has 3 nitrogen and oxygen atoms in total. The lowest BCUT2D eigenvalue weighted by molar-refractivity contribution is 0.455. The van der Waals surface area contributed by atoms with Crippen molar-refractivity contribution in [2.24, 2.45) is 5.92 Å². The van der Waals surface area contributed by atoms with Crippen LogP contribution < -0.4 is 5.32 Å². The van der Waals surface area contributed by atoms with E-state index in [1.165, 1.54) is 19.3 Å². The third kappa shape index (κ3) is 3.01. The van der Waals surface area contributed by atoms with Crippen LogP contribution in [0.15, 0.2) is 12.4 Å². The molecule has 1 aliphatic carbocycles. The molecule has 0 bridgehead atoms. The molecule has 0 spiro atoms. The van der Waals surface area contributed by atoms with Gasteiger partial charge in [-0.25, -0.2) is 0 Å². The first-order valence-electron chi connectivity index (χ1n) is 6.31. The van der Waals surface area contributed by atoms with Crippen LogP contribution in [0.25, 0.3) is 0 Å². The molecule has 0 aliphatic heterocycles. The molecule has 1 unspecified atom stereocenters. The monoisotopic (exact) mass is 219 g/mol. The smallest absolute Gasteiger partial charge is 0.0631 e. The molecule has 1 aliphatic rings. The minimum absolute atomic E-state index is 0.607. The zero-order valence-corrected chi connectivity index (χ0v) is 10.2. The molecule has 1 heterocycles. The predicted molar refractivity (Wildman–Crippen MR) is 65.3 cm³/mol. The van der Waals surface area contributed by atoms with Crippen molar-refractivity contribution >= 4 is 0 Å². The minimum Gasteiger partial charge on any atom is -0.313 e. The van der Waals surface area contributed by atoms with Gasteiger partial charge in [0.15, 0.2) is 0 Å². The Morgan fingerprint density at radius 1 is 1.38 bits per heavy atom. The zero-order valence-electron chi connectivity index (χ0n) is 10.2. The summed E-state index contributed by atoms with van der Waals surface area (Å²) >= 11 is 0. The fourth-order valence-electron chi connectivity index (χ4n) is 2.08. The molecule has 16 heavy (non-hydrogen) atoms. The van der Waals surface area contributed by atoms with Crippen LogP contribution in [0.3, 0.4) is 0 Å². The molecular formula is C13H21N3. The lowest BCUT2D eigenvalue weighted by Crippen LogP contribution is -2.34. The fraction of sp³-hybridized carbons (Fsp3) is 0.692. The van der Waals surface area contributed by atoms with Crippen LogP contribution in [0.4, 0.5) is 0 Å². The first-order valence-corrected chi connectivity index (χ1v) is 6.31. The van der Waals surface area contributed by atoms with Crippen LogP contribution in [0.2, 0.25) is 0 Å². The quantitative estimate of drug-likeness (QED) is 0.796. The van der Waals surface area contributed by atoms with Crippen molar-refractivity contribution < 1.29 is 0 Å². The van der Waals surface area contributed by atoms with E-state index in [0.717, 1.165) is 30.3 Å². The highest BCUT2D eigenvalue weighted by Crippen LogP contribution is 2.34. The highest BCUT2D eigenvalue weighted by Gasteiger charge is 2.31. The normalized spacial score (nSPS) is 17.4. The van der Waals surface area contributed by atoms with Crippen LogP contribution in [0.1, 0.15) is 37.6 Å². The third-order valence-electron chi connectivity index (χ3n) is 3.24. The molecule has 0 radical (unpaired) electrons. The number of nitrogens with zero attached hydrogens (tertiary/aromatic N) is 2. The Morgan fingerprint density at radius 2 is 2.12 bits per heavy atom. The maximum Gasteiger partial charge on any atom is 0.0631 e. The summed E-state index contributed by atoms with van der Waals surface area (Å²) in [4.78, 5) is 8.74. The molecular weight excluding hydrogens is 198 g/mol. The SMILES string of the molecule is CCCNC(Cc1nccnc1C)C1CC1. The number of aryl methyl sites for hydroxylation is 1. The van der Waals surface area contributed by atoms with E-state index < -0.39 is 0 Å². The second-order valence-corrected chi connectivity index (χ2v) is 4.69. The molecule has 1 saturated carbocycles. The zero-order chi connectivity index (χ0) is 11.4. The second-order valence-electron chi connectivity index (χ2n) is 4.69. The molecule has 1 aromatic heterocycles. The molecule has 1 fully saturated rings. The van der Waals surface area contributed by atoms with Crippen LogP contribution in [0, 0.1) is 12.8 Å². The van der Waals surface area contributed by atoms with E-state index in [4.69, 9.17) is 0 Å². The van der Waals surface area contributed by atoms with Gasteiger partial charge in [-0.2, -0.15) is 0 Å². The highest BCUT2D eigenvalue weighted by molar-refractivity contribution is 5.11. The topological polar surface area (TPSA) is 37.8 Å². The Kier molecular flexibility index (Phi) is 3.88. The van der Waals surface area contributed by atoms with Crippen molar-refractivity contribution in [3.05, 3.63) is 23.8 Å². The van der Waals surface area contributed by atoms with Gasteiger partial charge in [-0.1, -0.05) is 6.92 Å². The van der Waals surface area contributed by atoms with Gasteiger partial charge in [-0.05, 0) is 38.6 Å². The Bertz CT molecular complexity index is 334. The maximum atomic E-state index is 4.43. The standard InChI is InChI=1S/C13H21N3/c1-3-6-15-13(11-4-5-11)9-12-10(2)14-7-8-16-12/h7-8,11,13,15H,3-6,9H2,1-2H3. The predicted octanol–water partition coefficient (Wildman–Crippen LogP) is 2.11. The van der Waals surface area contributed by atoms with E-state index in [-0.39, 0.29) is 0 Å². The van der Waals surface area contributed by atoms with Crippen molar-refractivity contribution in [1.82, 2.24) is 15.3 Å². The summed E-state index contributed by atoms with van der Waals surface area (Å²) in [5, 5.41) is 3.64. The third-order valence-corrected chi connectivity index (χ3v) is 3.24. The Labute approximate surface area is 97.7 Å². The molecule has 0 saturated heterocycles. The van der Waals surface area contributed by atoms with Crippen LogP contribution in [0.5, 0.6) is 0 Å². The Balaban J connectivity index is 1.97. The minimum atomic E-state index is 0.607. The first-order chi connectivity index (χ1) is 7.81. The lowest BCUT2D eigenvalue weighted by atomic mass is 10.1. The second kappa shape index (κ2) is 5.39. The number of hydrogen-bond donors (Lipinski definition) is 1. The average molecular weight is 219 g/mol. The van der Waals surface area contributed by atoms with E-state index in [1.807, 2.05) is 6.92 Å². The summed E-state index contributed by atoms with van der Waals surface area (Å²) in [7, 11) is 0. The van der Waals surface area contributed by atoms with E-state index in [9.17, 15) is 0 Å². The van der Waals surface area contributed by atoms with Crippen LogP contribution in [-0.4, -0.2) is 22.6 Å². The van der Waals surface area contributed by atoms with Gasteiger partial charge in [0.25, 0.3) is 0 Å². The molecule has 0 amide bonds. The van der Waals surface area contributed by atoms with E-state index in [0.29, 0.717) is 6.04 Å². The van der Waals surface area contributed by atoms with Crippen molar-refractivity contribution in [3.63, 3.8) is 0 Å². The van der Waals surface area contributed by atoms with Crippen molar-refractivity contribution in [1.29, 1.82) is 0 Å². The summed E-state index contributed by atoms with van der Waals surface area (Å²) in [5.41, 5.74) is 2.23.